The van der Waals surface area contributed by atoms with Crippen molar-refractivity contribution in [3.8, 4) is 0 Å². The van der Waals surface area contributed by atoms with Crippen LogP contribution in [-0.4, -0.2) is 11.7 Å². The minimum absolute atomic E-state index is 0.137. The highest BCUT2D eigenvalue weighted by Crippen LogP contribution is 2.14. The molecular weight excluding hydrogens is 260 g/mol. The Morgan fingerprint density at radius 2 is 1.90 bits per heavy atom. The van der Waals surface area contributed by atoms with Gasteiger partial charge in [-0.3, -0.25) is 4.79 Å². The van der Waals surface area contributed by atoms with Gasteiger partial charge in [0.2, 0.25) is 0 Å². The highest BCUT2D eigenvalue weighted by atomic mass is 16.2. The minimum atomic E-state index is -0.137. The van der Waals surface area contributed by atoms with Crippen molar-refractivity contribution in [1.29, 1.82) is 0 Å². The molecular formula is C18H16N2O. The third-order valence-electron chi connectivity index (χ3n) is 3.31. The van der Waals surface area contributed by atoms with Crippen molar-refractivity contribution in [2.45, 2.75) is 13.3 Å². The van der Waals surface area contributed by atoms with Gasteiger partial charge >= 0.3 is 0 Å². The molecule has 104 valence electrons. The maximum absolute atomic E-state index is 12.0. The van der Waals surface area contributed by atoms with E-state index in [1.54, 1.807) is 0 Å². The van der Waals surface area contributed by atoms with Gasteiger partial charge in [-0.2, -0.15) is 0 Å². The molecule has 2 aromatic rings. The van der Waals surface area contributed by atoms with Crippen LogP contribution in [0.3, 0.4) is 0 Å². The summed E-state index contributed by atoms with van der Waals surface area (Å²) < 4.78 is 0. The van der Waals surface area contributed by atoms with Crippen LogP contribution < -0.4 is 5.32 Å². The molecule has 1 aliphatic rings. The van der Waals surface area contributed by atoms with Crippen molar-refractivity contribution in [3.63, 3.8) is 0 Å². The van der Waals surface area contributed by atoms with Crippen molar-refractivity contribution in [2.24, 2.45) is 4.99 Å². The molecule has 0 saturated heterocycles. The molecule has 21 heavy (non-hydrogen) atoms. The summed E-state index contributed by atoms with van der Waals surface area (Å²) in [6.45, 7) is 2.03. The van der Waals surface area contributed by atoms with Gasteiger partial charge in [0, 0.05) is 6.42 Å². The van der Waals surface area contributed by atoms with Crippen LogP contribution in [0, 0.1) is 6.92 Å². The third-order valence-corrected chi connectivity index (χ3v) is 3.31. The fraction of sp³-hybridized carbons (Fsp3) is 0.111. The second-order valence-electron chi connectivity index (χ2n) is 5.12. The normalized spacial score (nSPS) is 16.0. The Morgan fingerprint density at radius 3 is 2.67 bits per heavy atom. The summed E-state index contributed by atoms with van der Waals surface area (Å²) in [5.41, 5.74) is 3.75. The molecule has 0 radical (unpaired) electrons. The van der Waals surface area contributed by atoms with Gasteiger partial charge in [0.25, 0.3) is 5.91 Å². The first-order valence-electron chi connectivity index (χ1n) is 6.92. The summed E-state index contributed by atoms with van der Waals surface area (Å²) in [5, 5.41) is 2.83. The van der Waals surface area contributed by atoms with E-state index in [-0.39, 0.29) is 5.91 Å². The molecule has 0 fully saturated rings. The molecule has 3 nitrogen and oxygen atoms in total. The summed E-state index contributed by atoms with van der Waals surface area (Å²) in [6, 6.07) is 18.0. The lowest BCUT2D eigenvalue weighted by molar-refractivity contribution is -0.115. The Hall–Kier alpha value is -2.68. The fourth-order valence-electron chi connectivity index (χ4n) is 2.31. The van der Waals surface area contributed by atoms with Gasteiger partial charge in [0.15, 0.2) is 0 Å². The summed E-state index contributed by atoms with van der Waals surface area (Å²) in [7, 11) is 0. The molecule has 0 saturated carbocycles. The predicted octanol–water partition coefficient (Wildman–Crippen LogP) is 3.11. The molecule has 1 N–H and O–H groups in total. The van der Waals surface area contributed by atoms with Gasteiger partial charge < -0.3 is 5.32 Å². The van der Waals surface area contributed by atoms with E-state index < -0.39 is 0 Å². The number of nitrogens with zero attached hydrogens (tertiary/aromatic N) is 1. The Kier molecular flexibility index (Phi) is 3.65. The first kappa shape index (κ1) is 13.3. The van der Waals surface area contributed by atoms with Gasteiger partial charge in [-0.1, -0.05) is 60.2 Å². The summed E-state index contributed by atoms with van der Waals surface area (Å²) >= 11 is 0. The quantitative estimate of drug-likeness (QED) is 0.860. The zero-order chi connectivity index (χ0) is 14.7. The van der Waals surface area contributed by atoms with E-state index >= 15 is 0 Å². The molecule has 0 aromatic heterocycles. The molecule has 2 aromatic carbocycles. The van der Waals surface area contributed by atoms with Gasteiger partial charge in [0.05, 0.1) is 0 Å². The van der Waals surface area contributed by atoms with Crippen molar-refractivity contribution >= 4 is 17.8 Å². The number of nitrogens with one attached hydrogen (secondary N) is 1. The lowest BCUT2D eigenvalue weighted by Crippen LogP contribution is -2.25. The maximum Gasteiger partial charge on any atom is 0.275 e. The lowest BCUT2D eigenvalue weighted by Gasteiger charge is -1.99. The number of aryl methyl sites for hydroxylation is 1. The fourth-order valence-corrected chi connectivity index (χ4v) is 2.31. The molecule has 1 amide bonds. The number of hydrogen-bond acceptors (Lipinski definition) is 2. The molecule has 0 atom stereocenters. The number of hydrogen-bond donors (Lipinski definition) is 1. The Morgan fingerprint density at radius 1 is 1.10 bits per heavy atom. The van der Waals surface area contributed by atoms with Gasteiger partial charge in [-0.05, 0) is 24.1 Å². The molecule has 0 unspecified atom stereocenters. The SMILES string of the molecule is Cc1cccc(/C=C2/N=C(Cc3ccccc3)NC2=O)c1. The van der Waals surface area contributed by atoms with E-state index in [0.717, 1.165) is 16.7 Å². The van der Waals surface area contributed by atoms with Gasteiger partial charge in [-0.15, -0.1) is 0 Å². The molecule has 0 spiro atoms. The number of aliphatic imine (C=N–C) groups is 1. The standard InChI is InChI=1S/C18H16N2O/c1-13-6-5-9-15(10-13)11-16-18(21)20-17(19-16)12-14-7-3-2-4-8-14/h2-11H,12H2,1H3,(H,19,20,21)/b16-11+. The van der Waals surface area contributed by atoms with Crippen molar-refractivity contribution < 1.29 is 4.79 Å². The molecule has 3 rings (SSSR count). The van der Waals surface area contributed by atoms with E-state index in [9.17, 15) is 4.79 Å². The maximum atomic E-state index is 12.0. The predicted molar refractivity (Wildman–Crippen MR) is 84.9 cm³/mol. The zero-order valence-electron chi connectivity index (χ0n) is 11.8. The third kappa shape index (κ3) is 3.26. The van der Waals surface area contributed by atoms with Gasteiger partial charge in [-0.25, -0.2) is 4.99 Å². The lowest BCUT2D eigenvalue weighted by atomic mass is 10.1. The van der Waals surface area contributed by atoms with Crippen LogP contribution in [0.25, 0.3) is 6.08 Å². The molecule has 3 heteroatoms. The van der Waals surface area contributed by atoms with Crippen LogP contribution in [0.5, 0.6) is 0 Å². The van der Waals surface area contributed by atoms with E-state index in [2.05, 4.69) is 10.3 Å². The zero-order valence-corrected chi connectivity index (χ0v) is 11.8. The first-order chi connectivity index (χ1) is 10.2. The number of amides is 1. The highest BCUT2D eigenvalue weighted by Gasteiger charge is 2.19. The Balaban J connectivity index is 1.82. The van der Waals surface area contributed by atoms with Crippen molar-refractivity contribution in [2.75, 3.05) is 0 Å². The Bertz CT molecular complexity index is 730. The smallest absolute Gasteiger partial charge is 0.275 e. The van der Waals surface area contributed by atoms with Gasteiger partial charge in [0.1, 0.15) is 11.5 Å². The largest absolute Gasteiger partial charge is 0.308 e. The average molecular weight is 276 g/mol. The monoisotopic (exact) mass is 276 g/mol. The number of rotatable bonds is 3. The summed E-state index contributed by atoms with van der Waals surface area (Å²) in [5.74, 6) is 0.563. The number of amidine groups is 1. The highest BCUT2D eigenvalue weighted by molar-refractivity contribution is 6.14. The van der Waals surface area contributed by atoms with Crippen LogP contribution in [0.2, 0.25) is 0 Å². The van der Waals surface area contributed by atoms with Crippen molar-refractivity contribution in [3.05, 3.63) is 77.0 Å². The van der Waals surface area contributed by atoms with E-state index in [1.165, 1.54) is 0 Å². The van der Waals surface area contributed by atoms with Crippen LogP contribution in [0.4, 0.5) is 0 Å². The molecule has 1 aliphatic heterocycles. The van der Waals surface area contributed by atoms with Crippen LogP contribution in [0.1, 0.15) is 16.7 Å². The van der Waals surface area contributed by atoms with Crippen molar-refractivity contribution in [1.82, 2.24) is 5.32 Å². The van der Waals surface area contributed by atoms with Crippen LogP contribution in [0.15, 0.2) is 65.3 Å². The minimum Gasteiger partial charge on any atom is -0.308 e. The second kappa shape index (κ2) is 5.75. The molecule has 1 heterocycles. The van der Waals surface area contributed by atoms with E-state index in [1.807, 2.05) is 67.6 Å². The average Bonchev–Trinajstić information content (AvgIpc) is 2.80. The number of carbonyl (C=O) groups is 1. The summed E-state index contributed by atoms with van der Waals surface area (Å²) in [4.78, 5) is 16.4. The number of benzene rings is 2. The van der Waals surface area contributed by atoms with E-state index in [0.29, 0.717) is 18.0 Å². The van der Waals surface area contributed by atoms with Crippen LogP contribution >= 0.6 is 0 Å². The molecule has 0 bridgehead atoms. The van der Waals surface area contributed by atoms with Crippen LogP contribution in [-0.2, 0) is 11.2 Å². The topological polar surface area (TPSA) is 41.5 Å². The Labute approximate surface area is 124 Å². The molecule has 0 aliphatic carbocycles. The first-order valence-corrected chi connectivity index (χ1v) is 6.92. The number of carbonyl (C=O) groups excluding carboxylic acids is 1. The summed E-state index contributed by atoms with van der Waals surface area (Å²) in [6.07, 6.45) is 2.46. The van der Waals surface area contributed by atoms with E-state index in [4.69, 9.17) is 0 Å². The second-order valence-corrected chi connectivity index (χ2v) is 5.12.